The zero-order chi connectivity index (χ0) is 25.8. The van der Waals surface area contributed by atoms with Gasteiger partial charge in [-0.25, -0.2) is 5.01 Å². The first kappa shape index (κ1) is 25.9. The van der Waals surface area contributed by atoms with Gasteiger partial charge < -0.3 is 15.0 Å². The molecule has 3 aromatic rings. The monoisotopic (exact) mass is 546 g/mol. The summed E-state index contributed by atoms with van der Waals surface area (Å²) in [4.78, 5) is 28.2. The molecule has 1 atom stereocenters. The summed E-state index contributed by atoms with van der Waals surface area (Å²) in [5, 5.41) is 6.00. The van der Waals surface area contributed by atoms with Crippen LogP contribution in [0.1, 0.15) is 34.9 Å². The summed E-state index contributed by atoms with van der Waals surface area (Å²) >= 11 is 18.1. The molecule has 7 nitrogen and oxygen atoms in total. The van der Waals surface area contributed by atoms with Crippen LogP contribution in [0.15, 0.2) is 60.7 Å². The van der Waals surface area contributed by atoms with Crippen LogP contribution in [0.5, 0.6) is 5.75 Å². The van der Waals surface area contributed by atoms with E-state index in [0.717, 1.165) is 11.3 Å². The fourth-order valence-corrected chi connectivity index (χ4v) is 4.41. The van der Waals surface area contributed by atoms with Crippen LogP contribution in [0.25, 0.3) is 0 Å². The number of amides is 2. The smallest absolute Gasteiger partial charge is 0.276 e. The second-order valence-corrected chi connectivity index (χ2v) is 9.74. The maximum absolute atomic E-state index is 13.4. The van der Waals surface area contributed by atoms with E-state index in [1.165, 1.54) is 5.01 Å². The minimum absolute atomic E-state index is 0.143. The topological polar surface area (TPSA) is 73.9 Å². The lowest BCUT2D eigenvalue weighted by molar-refractivity contribution is -0.126. The first-order chi connectivity index (χ1) is 17.2. The van der Waals surface area contributed by atoms with Gasteiger partial charge in [0, 0.05) is 41.9 Å². The summed E-state index contributed by atoms with van der Waals surface area (Å²) in [6, 6.07) is 17.8. The molecular weight excluding hydrogens is 523 g/mol. The van der Waals surface area contributed by atoms with Gasteiger partial charge in [-0.2, -0.15) is 0 Å². The van der Waals surface area contributed by atoms with Gasteiger partial charge in [0.1, 0.15) is 11.9 Å². The molecule has 0 aromatic heterocycles. The van der Waals surface area contributed by atoms with E-state index in [0.29, 0.717) is 38.5 Å². The van der Waals surface area contributed by atoms with Crippen molar-refractivity contribution in [2.75, 3.05) is 30.9 Å². The molecule has 2 N–H and O–H groups in total. The van der Waals surface area contributed by atoms with Crippen molar-refractivity contribution in [2.24, 2.45) is 0 Å². The molecule has 1 aliphatic heterocycles. The number of rotatable bonds is 8. The summed E-state index contributed by atoms with van der Waals surface area (Å²) in [7, 11) is 3.91. The van der Waals surface area contributed by atoms with E-state index in [-0.39, 0.29) is 24.8 Å². The minimum Gasteiger partial charge on any atom is -0.492 e. The molecule has 4 rings (SSSR count). The van der Waals surface area contributed by atoms with Crippen LogP contribution in [-0.2, 0) is 4.79 Å². The number of benzene rings is 3. The van der Waals surface area contributed by atoms with Crippen LogP contribution < -0.4 is 20.4 Å². The number of ether oxygens (including phenoxy) is 1. The van der Waals surface area contributed by atoms with E-state index in [1.54, 1.807) is 36.4 Å². The van der Waals surface area contributed by atoms with Crippen LogP contribution in [0.4, 0.5) is 11.4 Å². The Morgan fingerprint density at radius 2 is 1.72 bits per heavy atom. The van der Waals surface area contributed by atoms with Crippen LogP contribution in [0, 0.1) is 0 Å². The summed E-state index contributed by atoms with van der Waals surface area (Å²) in [5.41, 5.74) is 5.62. The fraction of sp³-hybridized carbons (Fsp3) is 0.231. The number of halogens is 3. The molecule has 36 heavy (non-hydrogen) atoms. The van der Waals surface area contributed by atoms with Gasteiger partial charge in [-0.05, 0) is 60.5 Å². The first-order valence-electron chi connectivity index (χ1n) is 11.3. The molecule has 1 unspecified atom stereocenters. The molecule has 188 valence electrons. The van der Waals surface area contributed by atoms with Gasteiger partial charge in [0.15, 0.2) is 0 Å². The second-order valence-electron chi connectivity index (χ2n) is 8.46. The maximum atomic E-state index is 13.4. The Morgan fingerprint density at radius 1 is 1.03 bits per heavy atom. The standard InChI is InChI=1S/C26H25Cl3N4O3/c1-32(2)19-9-5-16(6-10-19)25-30-22-11-7-17(27)14-20(22)26(35)33(25)31-24(34)4-3-13-36-23-12-8-18(28)15-21(23)29/h5-12,14-15,25,30H,3-4,13H2,1-2H3,(H,31,34). The number of hydrogen-bond acceptors (Lipinski definition) is 5. The SMILES string of the molecule is CN(C)c1ccc(C2Nc3ccc(Cl)cc3C(=O)N2NC(=O)CCCOc2ccc(Cl)cc2Cl)cc1. The van der Waals surface area contributed by atoms with E-state index in [4.69, 9.17) is 39.5 Å². The van der Waals surface area contributed by atoms with Gasteiger partial charge in [-0.1, -0.05) is 46.9 Å². The van der Waals surface area contributed by atoms with Crippen molar-refractivity contribution in [3.63, 3.8) is 0 Å². The largest absolute Gasteiger partial charge is 0.492 e. The van der Waals surface area contributed by atoms with Crippen molar-refractivity contribution in [1.29, 1.82) is 0 Å². The molecule has 0 saturated carbocycles. The third-order valence-electron chi connectivity index (χ3n) is 5.65. The highest BCUT2D eigenvalue weighted by Crippen LogP contribution is 2.34. The Bertz CT molecular complexity index is 1270. The number of carbonyl (C=O) groups is 2. The fourth-order valence-electron chi connectivity index (χ4n) is 3.78. The van der Waals surface area contributed by atoms with E-state index in [1.807, 2.05) is 43.3 Å². The molecule has 0 fully saturated rings. The van der Waals surface area contributed by atoms with Crippen LogP contribution in [0.2, 0.25) is 15.1 Å². The van der Waals surface area contributed by atoms with Gasteiger partial charge in [-0.3, -0.25) is 15.0 Å². The van der Waals surface area contributed by atoms with Crippen molar-refractivity contribution < 1.29 is 14.3 Å². The molecule has 2 amide bonds. The molecule has 0 radical (unpaired) electrons. The van der Waals surface area contributed by atoms with Crippen molar-refractivity contribution >= 4 is 58.0 Å². The van der Waals surface area contributed by atoms with E-state index in [9.17, 15) is 9.59 Å². The van der Waals surface area contributed by atoms with Crippen LogP contribution in [0.3, 0.4) is 0 Å². The quantitative estimate of drug-likeness (QED) is 0.330. The highest BCUT2D eigenvalue weighted by atomic mass is 35.5. The lowest BCUT2D eigenvalue weighted by Crippen LogP contribution is -2.52. The van der Waals surface area contributed by atoms with E-state index >= 15 is 0 Å². The van der Waals surface area contributed by atoms with Crippen molar-refractivity contribution in [3.8, 4) is 5.75 Å². The lowest BCUT2D eigenvalue weighted by Gasteiger charge is -2.38. The van der Waals surface area contributed by atoms with Gasteiger partial charge in [0.2, 0.25) is 5.91 Å². The number of fused-ring (bicyclic) bond motifs is 1. The van der Waals surface area contributed by atoms with E-state index < -0.39 is 6.17 Å². The summed E-state index contributed by atoms with van der Waals surface area (Å²) in [6.07, 6.45) is -0.0374. The average Bonchev–Trinajstić information content (AvgIpc) is 2.85. The highest BCUT2D eigenvalue weighted by Gasteiger charge is 2.34. The predicted octanol–water partition coefficient (Wildman–Crippen LogP) is 6.17. The summed E-state index contributed by atoms with van der Waals surface area (Å²) in [6.45, 7) is 0.273. The first-order valence-corrected chi connectivity index (χ1v) is 12.4. The minimum atomic E-state index is -0.601. The van der Waals surface area contributed by atoms with Gasteiger partial charge in [0.05, 0.1) is 17.2 Å². The Kier molecular flexibility index (Phi) is 8.14. The number of carbonyl (C=O) groups excluding carboxylic acids is 2. The Hall–Kier alpha value is -3.13. The van der Waals surface area contributed by atoms with Gasteiger partial charge in [0.25, 0.3) is 5.91 Å². The van der Waals surface area contributed by atoms with Gasteiger partial charge >= 0.3 is 0 Å². The van der Waals surface area contributed by atoms with E-state index in [2.05, 4.69) is 10.7 Å². The molecular formula is C26H25Cl3N4O3. The average molecular weight is 548 g/mol. The molecule has 0 spiro atoms. The highest BCUT2D eigenvalue weighted by molar-refractivity contribution is 6.35. The summed E-state index contributed by atoms with van der Waals surface area (Å²) in [5.74, 6) is -0.187. The van der Waals surface area contributed by atoms with Crippen molar-refractivity contribution in [1.82, 2.24) is 10.4 Å². The van der Waals surface area contributed by atoms with Crippen molar-refractivity contribution in [2.45, 2.75) is 19.0 Å². The number of anilines is 2. The maximum Gasteiger partial charge on any atom is 0.276 e. The van der Waals surface area contributed by atoms with Gasteiger partial charge in [-0.15, -0.1) is 0 Å². The molecule has 1 heterocycles. The Balaban J connectivity index is 1.46. The summed E-state index contributed by atoms with van der Waals surface area (Å²) < 4.78 is 5.65. The second kappa shape index (κ2) is 11.3. The van der Waals surface area contributed by atoms with Crippen molar-refractivity contribution in [3.05, 3.63) is 86.9 Å². The molecule has 3 aromatic carbocycles. The molecule has 1 aliphatic rings. The number of nitrogens with zero attached hydrogens (tertiary/aromatic N) is 2. The third-order valence-corrected chi connectivity index (χ3v) is 6.42. The van der Waals surface area contributed by atoms with Crippen LogP contribution in [-0.4, -0.2) is 37.5 Å². The number of hydrazine groups is 1. The molecule has 10 heteroatoms. The normalized spacial score (nSPS) is 14.6. The van der Waals surface area contributed by atoms with Crippen LogP contribution >= 0.6 is 34.8 Å². The Labute approximate surface area is 224 Å². The predicted molar refractivity (Wildman–Crippen MR) is 144 cm³/mol. The third kappa shape index (κ3) is 5.98. The number of hydrogen-bond donors (Lipinski definition) is 2. The zero-order valence-corrected chi connectivity index (χ0v) is 22.0. The number of nitrogens with one attached hydrogen (secondary N) is 2. The zero-order valence-electron chi connectivity index (χ0n) is 19.7. The molecule has 0 saturated heterocycles. The lowest BCUT2D eigenvalue weighted by atomic mass is 10.0. The molecule has 0 aliphatic carbocycles. The Morgan fingerprint density at radius 3 is 2.42 bits per heavy atom. The molecule has 0 bridgehead atoms.